The van der Waals surface area contributed by atoms with Gasteiger partial charge in [-0.05, 0) is 31.3 Å². The third-order valence-corrected chi connectivity index (χ3v) is 4.76. The molecule has 8 heteroatoms. The van der Waals surface area contributed by atoms with Crippen LogP contribution in [-0.2, 0) is 0 Å². The Hall–Kier alpha value is -3.00. The molecule has 1 aromatic heterocycles. The number of methoxy groups -OCH3 is 3. The Morgan fingerprint density at radius 2 is 1.68 bits per heavy atom. The molecule has 0 aliphatic carbocycles. The number of piperazine rings is 1. The van der Waals surface area contributed by atoms with Crippen LogP contribution in [0.1, 0.15) is 10.4 Å². The number of anilines is 2. The lowest BCUT2D eigenvalue weighted by atomic mass is 10.1. The van der Waals surface area contributed by atoms with Gasteiger partial charge in [0.25, 0.3) is 5.91 Å². The maximum absolute atomic E-state index is 12.9. The van der Waals surface area contributed by atoms with Crippen LogP contribution in [0.15, 0.2) is 30.5 Å². The molecule has 1 aliphatic rings. The van der Waals surface area contributed by atoms with Gasteiger partial charge in [0.05, 0.1) is 27.0 Å². The molecule has 1 aliphatic heterocycles. The van der Waals surface area contributed by atoms with Gasteiger partial charge in [0, 0.05) is 37.9 Å². The fourth-order valence-electron chi connectivity index (χ4n) is 3.17. The lowest BCUT2D eigenvalue weighted by Crippen LogP contribution is -2.45. The molecule has 0 radical (unpaired) electrons. The molecule has 0 spiro atoms. The normalized spacial score (nSPS) is 14.5. The Morgan fingerprint density at radius 3 is 2.25 bits per heavy atom. The van der Waals surface area contributed by atoms with E-state index in [0.717, 1.165) is 32.0 Å². The summed E-state index contributed by atoms with van der Waals surface area (Å²) in [6, 6.07) is 6.92. The predicted molar refractivity (Wildman–Crippen MR) is 108 cm³/mol. The van der Waals surface area contributed by atoms with Crippen LogP contribution in [0.25, 0.3) is 0 Å². The molecule has 2 heterocycles. The van der Waals surface area contributed by atoms with Crippen molar-refractivity contribution >= 4 is 17.4 Å². The van der Waals surface area contributed by atoms with Crippen molar-refractivity contribution < 1.29 is 19.0 Å². The minimum atomic E-state index is -0.275. The van der Waals surface area contributed by atoms with Crippen LogP contribution in [-0.4, -0.2) is 70.3 Å². The minimum Gasteiger partial charge on any atom is -0.493 e. The predicted octanol–water partition coefficient (Wildman–Crippen LogP) is 2.11. The van der Waals surface area contributed by atoms with Crippen molar-refractivity contribution in [2.45, 2.75) is 0 Å². The molecule has 1 fully saturated rings. The lowest BCUT2D eigenvalue weighted by molar-refractivity contribution is 0.102. The van der Waals surface area contributed by atoms with Crippen molar-refractivity contribution in [2.24, 2.45) is 0 Å². The van der Waals surface area contributed by atoms with Crippen LogP contribution < -0.4 is 24.4 Å². The average Bonchev–Trinajstić information content (AvgIpc) is 2.73. The number of pyridine rings is 1. The Balaban J connectivity index is 1.86. The molecule has 1 aromatic carbocycles. The second kappa shape index (κ2) is 8.79. The van der Waals surface area contributed by atoms with E-state index in [1.54, 1.807) is 18.3 Å². The summed E-state index contributed by atoms with van der Waals surface area (Å²) in [5.74, 6) is 1.80. The van der Waals surface area contributed by atoms with Crippen LogP contribution in [0.3, 0.4) is 0 Å². The number of ether oxygens (including phenoxy) is 3. The van der Waals surface area contributed by atoms with Crippen LogP contribution in [0, 0.1) is 0 Å². The number of aromatic nitrogens is 1. The molecule has 3 rings (SSSR count). The Bertz CT molecular complexity index is 810. The number of likely N-dealkylation sites (N-methyl/N-ethyl adjacent to an activating group) is 1. The molecule has 28 heavy (non-hydrogen) atoms. The summed E-state index contributed by atoms with van der Waals surface area (Å²) in [4.78, 5) is 21.9. The summed E-state index contributed by atoms with van der Waals surface area (Å²) in [5, 5.41) is 2.97. The summed E-state index contributed by atoms with van der Waals surface area (Å²) >= 11 is 0. The molecule has 1 amide bonds. The molecule has 0 unspecified atom stereocenters. The molecule has 0 bridgehead atoms. The summed E-state index contributed by atoms with van der Waals surface area (Å²) < 4.78 is 16.0. The van der Waals surface area contributed by atoms with Crippen molar-refractivity contribution in [2.75, 3.05) is 64.8 Å². The molecule has 1 saturated heterocycles. The van der Waals surface area contributed by atoms with Gasteiger partial charge in [0.1, 0.15) is 0 Å². The quantitative estimate of drug-likeness (QED) is 0.815. The third kappa shape index (κ3) is 4.12. The number of carbonyl (C=O) groups is 1. The van der Waals surface area contributed by atoms with Crippen LogP contribution >= 0.6 is 0 Å². The highest BCUT2D eigenvalue weighted by atomic mass is 16.5. The zero-order chi connectivity index (χ0) is 20.1. The summed E-state index contributed by atoms with van der Waals surface area (Å²) in [6.07, 6.45) is 1.74. The smallest absolute Gasteiger partial charge is 0.256 e. The van der Waals surface area contributed by atoms with Gasteiger partial charge in [-0.15, -0.1) is 0 Å². The van der Waals surface area contributed by atoms with E-state index in [2.05, 4.69) is 27.1 Å². The highest BCUT2D eigenvalue weighted by Gasteiger charge is 2.21. The number of amides is 1. The maximum atomic E-state index is 12.9. The van der Waals surface area contributed by atoms with Gasteiger partial charge in [-0.1, -0.05) is 0 Å². The second-order valence-corrected chi connectivity index (χ2v) is 6.53. The zero-order valence-corrected chi connectivity index (χ0v) is 16.7. The fraction of sp³-hybridized carbons (Fsp3) is 0.400. The summed E-state index contributed by atoms with van der Waals surface area (Å²) in [6.45, 7) is 3.63. The van der Waals surface area contributed by atoms with Crippen molar-refractivity contribution in [1.82, 2.24) is 9.88 Å². The van der Waals surface area contributed by atoms with E-state index in [1.807, 2.05) is 12.1 Å². The van der Waals surface area contributed by atoms with Gasteiger partial charge in [0.2, 0.25) is 5.75 Å². The number of nitrogens with one attached hydrogen (secondary N) is 1. The van der Waals surface area contributed by atoms with Crippen LogP contribution in [0.2, 0.25) is 0 Å². The van der Waals surface area contributed by atoms with E-state index in [0.29, 0.717) is 28.5 Å². The first kappa shape index (κ1) is 19.8. The minimum absolute atomic E-state index is 0.275. The van der Waals surface area contributed by atoms with Gasteiger partial charge in [-0.3, -0.25) is 4.79 Å². The standard InChI is InChI=1S/C20H26N4O4/c1-23-8-10-24(11-9-23)19-15(6-5-7-21-19)22-20(25)14-12-16(26-2)18(28-4)17(13-14)27-3/h5-7,12-13H,8-11H2,1-4H3,(H,22,25). The molecule has 1 N–H and O–H groups in total. The third-order valence-electron chi connectivity index (χ3n) is 4.76. The molecular weight excluding hydrogens is 360 g/mol. The molecule has 0 saturated carbocycles. The van der Waals surface area contributed by atoms with E-state index in [-0.39, 0.29) is 5.91 Å². The van der Waals surface area contributed by atoms with E-state index in [4.69, 9.17) is 14.2 Å². The van der Waals surface area contributed by atoms with E-state index in [1.165, 1.54) is 21.3 Å². The van der Waals surface area contributed by atoms with E-state index in [9.17, 15) is 4.79 Å². The van der Waals surface area contributed by atoms with Gasteiger partial charge in [-0.25, -0.2) is 4.98 Å². The molecule has 2 aromatic rings. The monoisotopic (exact) mass is 386 g/mol. The van der Waals surface area contributed by atoms with Crippen LogP contribution in [0.5, 0.6) is 17.2 Å². The summed E-state index contributed by atoms with van der Waals surface area (Å²) in [5.41, 5.74) is 1.08. The van der Waals surface area contributed by atoms with E-state index < -0.39 is 0 Å². The van der Waals surface area contributed by atoms with Crippen molar-refractivity contribution in [3.63, 3.8) is 0 Å². The molecular formula is C20H26N4O4. The number of nitrogens with zero attached hydrogens (tertiary/aromatic N) is 3. The molecule has 8 nitrogen and oxygen atoms in total. The Morgan fingerprint density at radius 1 is 1.04 bits per heavy atom. The average molecular weight is 386 g/mol. The highest BCUT2D eigenvalue weighted by Crippen LogP contribution is 2.38. The number of hydrogen-bond donors (Lipinski definition) is 1. The van der Waals surface area contributed by atoms with Crippen molar-refractivity contribution in [3.05, 3.63) is 36.0 Å². The Kier molecular flexibility index (Phi) is 6.20. The van der Waals surface area contributed by atoms with Gasteiger partial charge < -0.3 is 29.3 Å². The summed E-state index contributed by atoms with van der Waals surface area (Å²) in [7, 11) is 6.66. The van der Waals surface area contributed by atoms with Crippen molar-refractivity contribution in [3.8, 4) is 17.2 Å². The van der Waals surface area contributed by atoms with Gasteiger partial charge in [0.15, 0.2) is 17.3 Å². The number of carbonyl (C=O) groups excluding carboxylic acids is 1. The number of hydrogen-bond acceptors (Lipinski definition) is 7. The fourth-order valence-corrected chi connectivity index (χ4v) is 3.17. The van der Waals surface area contributed by atoms with Crippen LogP contribution in [0.4, 0.5) is 11.5 Å². The first-order chi connectivity index (χ1) is 13.6. The van der Waals surface area contributed by atoms with Gasteiger partial charge in [-0.2, -0.15) is 0 Å². The topological polar surface area (TPSA) is 76.2 Å². The largest absolute Gasteiger partial charge is 0.493 e. The molecule has 150 valence electrons. The Labute approximate surface area is 165 Å². The number of rotatable bonds is 6. The van der Waals surface area contributed by atoms with Crippen molar-refractivity contribution in [1.29, 1.82) is 0 Å². The molecule has 0 atom stereocenters. The SMILES string of the molecule is COc1cc(C(=O)Nc2cccnc2N2CCN(C)CC2)cc(OC)c1OC. The second-order valence-electron chi connectivity index (χ2n) is 6.53. The highest BCUT2D eigenvalue weighted by molar-refractivity contribution is 6.06. The zero-order valence-electron chi connectivity index (χ0n) is 16.7. The lowest BCUT2D eigenvalue weighted by Gasteiger charge is -2.34. The van der Waals surface area contributed by atoms with E-state index >= 15 is 0 Å². The first-order valence-corrected chi connectivity index (χ1v) is 9.07. The maximum Gasteiger partial charge on any atom is 0.256 e. The first-order valence-electron chi connectivity index (χ1n) is 9.07. The van der Waals surface area contributed by atoms with Gasteiger partial charge >= 0.3 is 0 Å². The number of benzene rings is 1.